The summed E-state index contributed by atoms with van der Waals surface area (Å²) in [5, 5.41) is 9.95. The van der Waals surface area contributed by atoms with Crippen LogP contribution in [0.4, 0.5) is 4.79 Å². The van der Waals surface area contributed by atoms with Crippen LogP contribution in [0.1, 0.15) is 32.3 Å². The van der Waals surface area contributed by atoms with E-state index in [0.717, 1.165) is 17.0 Å². The second-order valence-corrected chi connectivity index (χ2v) is 7.10. The normalized spacial score (nSPS) is 19.3. The van der Waals surface area contributed by atoms with Gasteiger partial charge in [0.1, 0.15) is 5.54 Å². The van der Waals surface area contributed by atoms with Gasteiger partial charge in [0, 0.05) is 31.7 Å². The van der Waals surface area contributed by atoms with Crippen molar-refractivity contribution < 1.29 is 9.59 Å². The summed E-state index contributed by atoms with van der Waals surface area (Å²) < 4.78 is 0. The number of rotatable bonds is 8. The number of aliphatic imine (C=N–C) groups is 1. The molecule has 1 aliphatic rings. The third-order valence-corrected chi connectivity index (χ3v) is 5.14. The Morgan fingerprint density at radius 3 is 2.54 bits per heavy atom. The van der Waals surface area contributed by atoms with Gasteiger partial charge >= 0.3 is 6.03 Å². The topological polar surface area (TPSA) is 85.8 Å². The van der Waals surface area contributed by atoms with Gasteiger partial charge in [-0.05, 0) is 37.8 Å². The lowest BCUT2D eigenvalue weighted by molar-refractivity contribution is -0.130. The monoisotopic (exact) mass is 521 g/mol. The fourth-order valence-electron chi connectivity index (χ4n) is 2.87. The molecule has 1 saturated heterocycles. The number of urea groups is 1. The van der Waals surface area contributed by atoms with Crippen LogP contribution in [0.5, 0.6) is 0 Å². The number of imide groups is 1. The van der Waals surface area contributed by atoms with Gasteiger partial charge in [0.25, 0.3) is 5.91 Å². The van der Waals surface area contributed by atoms with Gasteiger partial charge in [-0.15, -0.1) is 24.0 Å². The van der Waals surface area contributed by atoms with Crippen molar-refractivity contribution in [3.63, 3.8) is 0 Å². The van der Waals surface area contributed by atoms with Crippen LogP contribution in [0, 0.1) is 0 Å². The Bertz CT molecular complexity index is 715. The van der Waals surface area contributed by atoms with Crippen LogP contribution in [0.25, 0.3) is 0 Å². The van der Waals surface area contributed by atoms with E-state index >= 15 is 0 Å². The lowest BCUT2D eigenvalue weighted by Crippen LogP contribution is -2.43. The first kappa shape index (κ1) is 24.5. The number of halogens is 2. The van der Waals surface area contributed by atoms with Crippen molar-refractivity contribution in [1.82, 2.24) is 20.9 Å². The molecule has 0 bridgehead atoms. The molecule has 1 aromatic rings. The molecule has 1 heterocycles. The summed E-state index contributed by atoms with van der Waals surface area (Å²) in [7, 11) is 1.70. The largest absolute Gasteiger partial charge is 0.356 e. The average molecular weight is 522 g/mol. The number of guanidine groups is 1. The van der Waals surface area contributed by atoms with Gasteiger partial charge < -0.3 is 16.0 Å². The molecule has 9 heteroatoms. The zero-order chi connectivity index (χ0) is 19.9. The first-order valence-corrected chi connectivity index (χ1v) is 9.61. The molecule has 3 amide bonds. The smallest absolute Gasteiger partial charge is 0.325 e. The van der Waals surface area contributed by atoms with Crippen molar-refractivity contribution in [3.05, 3.63) is 34.9 Å². The molecule has 0 spiro atoms. The number of hydrogen-bond acceptors (Lipinski definition) is 3. The zero-order valence-corrected chi connectivity index (χ0v) is 19.6. The van der Waals surface area contributed by atoms with Crippen molar-refractivity contribution in [1.29, 1.82) is 0 Å². The van der Waals surface area contributed by atoms with Crippen molar-refractivity contribution in [2.45, 2.75) is 38.6 Å². The van der Waals surface area contributed by atoms with Crippen LogP contribution in [0.3, 0.4) is 0 Å². The lowest BCUT2D eigenvalue weighted by Gasteiger charge is -2.19. The number of nitrogens with one attached hydrogen (secondary N) is 3. The van der Waals surface area contributed by atoms with E-state index in [1.54, 1.807) is 14.0 Å². The first-order chi connectivity index (χ1) is 12.9. The molecule has 1 aliphatic heterocycles. The molecule has 1 fully saturated rings. The van der Waals surface area contributed by atoms with Crippen LogP contribution in [0.15, 0.2) is 29.3 Å². The van der Waals surface area contributed by atoms with Crippen LogP contribution in [0.2, 0.25) is 5.02 Å². The standard InChI is InChI=1S/C19H28ClN5O2.HI/c1-4-19(2)16(26)25(18(27)24-19)13-7-11-22-17(21-3)23-12-10-14-8-5-6-9-15(14)20;/h5-6,8-9H,4,7,10-13H2,1-3H3,(H,24,27)(H2,21,22,23);1H. The number of carbonyl (C=O) groups is 2. The molecule has 1 atom stereocenters. The summed E-state index contributed by atoms with van der Waals surface area (Å²) in [5.41, 5.74) is 0.306. The summed E-state index contributed by atoms with van der Waals surface area (Å²) in [4.78, 5) is 29.8. The Morgan fingerprint density at radius 2 is 1.93 bits per heavy atom. The Balaban J connectivity index is 0.00000392. The fraction of sp³-hybridized carbons (Fsp3) is 0.526. The molecule has 0 aliphatic carbocycles. The molecule has 1 aromatic carbocycles. The number of carbonyl (C=O) groups excluding carboxylic acids is 2. The average Bonchev–Trinajstić information content (AvgIpc) is 2.88. The third-order valence-electron chi connectivity index (χ3n) is 4.77. The maximum Gasteiger partial charge on any atom is 0.325 e. The van der Waals surface area contributed by atoms with Gasteiger partial charge in [-0.25, -0.2) is 4.79 Å². The van der Waals surface area contributed by atoms with E-state index in [2.05, 4.69) is 20.9 Å². The fourth-order valence-corrected chi connectivity index (χ4v) is 3.10. The summed E-state index contributed by atoms with van der Waals surface area (Å²) in [6.45, 7) is 5.33. The van der Waals surface area contributed by atoms with Gasteiger partial charge in [0.05, 0.1) is 0 Å². The number of nitrogens with zero attached hydrogens (tertiary/aromatic N) is 2. The van der Waals surface area contributed by atoms with Crippen LogP contribution < -0.4 is 16.0 Å². The van der Waals surface area contributed by atoms with Crippen molar-refractivity contribution in [2.24, 2.45) is 4.99 Å². The minimum absolute atomic E-state index is 0. The van der Waals surface area contributed by atoms with E-state index in [4.69, 9.17) is 11.6 Å². The molecule has 2 rings (SSSR count). The molecule has 0 saturated carbocycles. The van der Waals surface area contributed by atoms with Crippen LogP contribution >= 0.6 is 35.6 Å². The van der Waals surface area contributed by atoms with Crippen LogP contribution in [-0.4, -0.2) is 55.0 Å². The predicted molar refractivity (Wildman–Crippen MR) is 123 cm³/mol. The second kappa shape index (κ2) is 11.5. The van der Waals surface area contributed by atoms with E-state index in [1.165, 1.54) is 4.90 Å². The molecular formula is C19H29ClIN5O2. The molecular weight excluding hydrogens is 493 g/mol. The minimum atomic E-state index is -0.777. The maximum absolute atomic E-state index is 12.3. The van der Waals surface area contributed by atoms with E-state index < -0.39 is 5.54 Å². The molecule has 0 radical (unpaired) electrons. The first-order valence-electron chi connectivity index (χ1n) is 9.23. The Labute approximate surface area is 188 Å². The molecule has 7 nitrogen and oxygen atoms in total. The van der Waals surface area contributed by atoms with Crippen LogP contribution in [-0.2, 0) is 11.2 Å². The van der Waals surface area contributed by atoms with Gasteiger partial charge in [0.15, 0.2) is 5.96 Å². The maximum atomic E-state index is 12.3. The molecule has 28 heavy (non-hydrogen) atoms. The van der Waals surface area contributed by atoms with E-state index in [1.807, 2.05) is 31.2 Å². The Kier molecular flexibility index (Phi) is 10.0. The van der Waals surface area contributed by atoms with Gasteiger partial charge in [-0.3, -0.25) is 14.7 Å². The Hall–Kier alpha value is -1.55. The quantitative estimate of drug-likeness (QED) is 0.161. The summed E-state index contributed by atoms with van der Waals surface area (Å²) in [6.07, 6.45) is 2.01. The SMILES string of the molecule is CCC1(C)NC(=O)N(CCCNC(=NC)NCCc2ccccc2Cl)C1=O.I. The summed E-state index contributed by atoms with van der Waals surface area (Å²) in [6, 6.07) is 7.44. The van der Waals surface area contributed by atoms with E-state index in [9.17, 15) is 9.59 Å². The highest BCUT2D eigenvalue weighted by atomic mass is 127. The van der Waals surface area contributed by atoms with E-state index in [-0.39, 0.29) is 35.9 Å². The van der Waals surface area contributed by atoms with Crippen molar-refractivity contribution >= 4 is 53.5 Å². The highest BCUT2D eigenvalue weighted by Gasteiger charge is 2.45. The lowest BCUT2D eigenvalue weighted by atomic mass is 9.99. The summed E-state index contributed by atoms with van der Waals surface area (Å²) >= 11 is 6.15. The van der Waals surface area contributed by atoms with Gasteiger partial charge in [-0.2, -0.15) is 0 Å². The second-order valence-electron chi connectivity index (χ2n) is 6.69. The van der Waals surface area contributed by atoms with Gasteiger partial charge in [0.2, 0.25) is 0 Å². The third kappa shape index (κ3) is 6.23. The molecule has 3 N–H and O–H groups in total. The van der Waals surface area contributed by atoms with Crippen molar-refractivity contribution in [2.75, 3.05) is 26.7 Å². The predicted octanol–water partition coefficient (Wildman–Crippen LogP) is 2.78. The molecule has 0 aromatic heterocycles. The molecule has 1 unspecified atom stereocenters. The highest BCUT2D eigenvalue weighted by Crippen LogP contribution is 2.20. The number of amides is 3. The highest BCUT2D eigenvalue weighted by molar-refractivity contribution is 14.0. The number of hydrogen-bond donors (Lipinski definition) is 3. The number of benzene rings is 1. The minimum Gasteiger partial charge on any atom is -0.356 e. The Morgan fingerprint density at radius 1 is 1.25 bits per heavy atom. The zero-order valence-electron chi connectivity index (χ0n) is 16.5. The van der Waals surface area contributed by atoms with E-state index in [0.29, 0.717) is 38.4 Å². The van der Waals surface area contributed by atoms with Gasteiger partial charge in [-0.1, -0.05) is 36.7 Å². The summed E-state index contributed by atoms with van der Waals surface area (Å²) in [5.74, 6) is 0.523. The molecule has 156 valence electrons. The van der Waals surface area contributed by atoms with Crippen molar-refractivity contribution in [3.8, 4) is 0 Å².